The van der Waals surface area contributed by atoms with Crippen LogP contribution in [0.2, 0.25) is 0 Å². The normalized spacial score (nSPS) is 13.7. The van der Waals surface area contributed by atoms with Gasteiger partial charge in [0.2, 0.25) is 0 Å². The molecule has 1 amide bonds. The van der Waals surface area contributed by atoms with Crippen molar-refractivity contribution in [1.29, 1.82) is 0 Å². The molecule has 2 aromatic carbocycles. The van der Waals surface area contributed by atoms with Crippen LogP contribution in [0.15, 0.2) is 35.2 Å². The van der Waals surface area contributed by atoms with E-state index in [4.69, 9.17) is 4.74 Å². The van der Waals surface area contributed by atoms with Gasteiger partial charge in [-0.05, 0) is 55.7 Å². The zero-order valence-corrected chi connectivity index (χ0v) is 14.5. The monoisotopic (exact) mass is 346 g/mol. The average Bonchev–Trinajstić information content (AvgIpc) is 2.49. The summed E-state index contributed by atoms with van der Waals surface area (Å²) in [7, 11) is -3.76. The van der Waals surface area contributed by atoms with Gasteiger partial charge in [-0.25, -0.2) is 8.42 Å². The summed E-state index contributed by atoms with van der Waals surface area (Å²) in [6, 6.07) is 8.42. The first-order valence-electron chi connectivity index (χ1n) is 7.43. The summed E-state index contributed by atoms with van der Waals surface area (Å²) in [5.74, 6) is 0.0893. The van der Waals surface area contributed by atoms with Gasteiger partial charge >= 0.3 is 0 Å². The lowest BCUT2D eigenvalue weighted by atomic mass is 10.1. The minimum atomic E-state index is -3.76. The molecule has 7 heteroatoms. The SMILES string of the molecule is Cc1ccc(NS(=O)(=O)c2cc3c(cc2C)NC(=O)CO3)cc1C. The molecule has 0 saturated carbocycles. The summed E-state index contributed by atoms with van der Waals surface area (Å²) in [6.45, 7) is 5.44. The Hall–Kier alpha value is -2.54. The molecule has 24 heavy (non-hydrogen) atoms. The van der Waals surface area contributed by atoms with Gasteiger partial charge in [-0.1, -0.05) is 6.07 Å². The van der Waals surface area contributed by atoms with Gasteiger partial charge in [-0.2, -0.15) is 0 Å². The average molecular weight is 346 g/mol. The third-order valence-electron chi connectivity index (χ3n) is 3.96. The van der Waals surface area contributed by atoms with Crippen LogP contribution in [-0.2, 0) is 14.8 Å². The molecule has 0 fully saturated rings. The van der Waals surface area contributed by atoms with E-state index < -0.39 is 10.0 Å². The fourth-order valence-electron chi connectivity index (χ4n) is 2.52. The Bertz CT molecular complexity index is 936. The number of aryl methyl sites for hydroxylation is 3. The molecule has 2 aromatic rings. The number of benzene rings is 2. The molecule has 2 N–H and O–H groups in total. The number of ether oxygens (including phenoxy) is 1. The highest BCUT2D eigenvalue weighted by Crippen LogP contribution is 2.33. The van der Waals surface area contributed by atoms with Crippen LogP contribution in [0.4, 0.5) is 11.4 Å². The minimum Gasteiger partial charge on any atom is -0.482 e. The van der Waals surface area contributed by atoms with Crippen molar-refractivity contribution >= 4 is 27.3 Å². The highest BCUT2D eigenvalue weighted by Gasteiger charge is 2.23. The van der Waals surface area contributed by atoms with E-state index in [1.807, 2.05) is 19.9 Å². The molecule has 0 saturated heterocycles. The van der Waals surface area contributed by atoms with E-state index in [1.165, 1.54) is 6.07 Å². The van der Waals surface area contributed by atoms with Crippen LogP contribution in [-0.4, -0.2) is 20.9 Å². The molecular formula is C17H18N2O4S. The first-order chi connectivity index (χ1) is 11.3. The zero-order chi connectivity index (χ0) is 17.5. The Balaban J connectivity index is 1.97. The van der Waals surface area contributed by atoms with E-state index in [-0.39, 0.29) is 17.4 Å². The van der Waals surface area contributed by atoms with Crippen molar-refractivity contribution in [2.24, 2.45) is 0 Å². The summed E-state index contributed by atoms with van der Waals surface area (Å²) in [5, 5.41) is 2.66. The van der Waals surface area contributed by atoms with Crippen molar-refractivity contribution in [3.63, 3.8) is 0 Å². The number of nitrogens with one attached hydrogen (secondary N) is 2. The van der Waals surface area contributed by atoms with E-state index in [9.17, 15) is 13.2 Å². The van der Waals surface area contributed by atoms with Crippen LogP contribution < -0.4 is 14.8 Å². The Morgan fingerprint density at radius 2 is 1.79 bits per heavy atom. The van der Waals surface area contributed by atoms with Gasteiger partial charge < -0.3 is 10.1 Å². The molecule has 1 aliphatic heterocycles. The third kappa shape index (κ3) is 3.07. The third-order valence-corrected chi connectivity index (χ3v) is 5.48. The fraction of sp³-hybridized carbons (Fsp3) is 0.235. The summed E-state index contributed by atoms with van der Waals surface area (Å²) in [4.78, 5) is 11.5. The van der Waals surface area contributed by atoms with Crippen molar-refractivity contribution in [2.45, 2.75) is 25.7 Å². The zero-order valence-electron chi connectivity index (χ0n) is 13.6. The highest BCUT2D eigenvalue weighted by molar-refractivity contribution is 7.92. The molecule has 0 unspecified atom stereocenters. The minimum absolute atomic E-state index is 0.121. The van der Waals surface area contributed by atoms with Gasteiger partial charge in [0, 0.05) is 11.8 Å². The van der Waals surface area contributed by atoms with Crippen LogP contribution >= 0.6 is 0 Å². The standard InChI is InChI=1S/C17H18N2O4S/c1-10-4-5-13(6-11(10)2)19-24(21,22)16-8-15-14(7-12(16)3)18-17(20)9-23-15/h4-8,19H,9H2,1-3H3,(H,18,20). The van der Waals surface area contributed by atoms with E-state index in [2.05, 4.69) is 10.0 Å². The van der Waals surface area contributed by atoms with Crippen molar-refractivity contribution in [2.75, 3.05) is 16.6 Å². The topological polar surface area (TPSA) is 84.5 Å². The molecule has 0 bridgehead atoms. The Labute approximate surface area is 140 Å². The van der Waals surface area contributed by atoms with E-state index in [0.717, 1.165) is 11.1 Å². The number of rotatable bonds is 3. The number of hydrogen-bond donors (Lipinski definition) is 2. The molecule has 0 radical (unpaired) electrons. The van der Waals surface area contributed by atoms with Gasteiger partial charge in [-0.15, -0.1) is 0 Å². The molecule has 0 spiro atoms. The van der Waals surface area contributed by atoms with Gasteiger partial charge in [-0.3, -0.25) is 9.52 Å². The predicted octanol–water partition coefficient (Wildman–Crippen LogP) is 2.74. The first kappa shape index (κ1) is 16.3. The van der Waals surface area contributed by atoms with Crippen LogP contribution in [0.1, 0.15) is 16.7 Å². The number of fused-ring (bicyclic) bond motifs is 1. The highest BCUT2D eigenvalue weighted by atomic mass is 32.2. The van der Waals surface area contributed by atoms with Gasteiger partial charge in [0.05, 0.1) is 10.6 Å². The van der Waals surface area contributed by atoms with Gasteiger partial charge in [0.15, 0.2) is 6.61 Å². The Kier molecular flexibility index (Phi) is 3.96. The Morgan fingerprint density at radius 3 is 2.50 bits per heavy atom. The molecule has 0 aromatic heterocycles. The molecule has 1 heterocycles. The number of sulfonamides is 1. The molecule has 0 atom stereocenters. The maximum Gasteiger partial charge on any atom is 0.262 e. The van der Waals surface area contributed by atoms with E-state index >= 15 is 0 Å². The van der Waals surface area contributed by atoms with Gasteiger partial charge in [0.1, 0.15) is 5.75 Å². The smallest absolute Gasteiger partial charge is 0.262 e. The maximum absolute atomic E-state index is 12.7. The van der Waals surface area contributed by atoms with E-state index in [0.29, 0.717) is 22.7 Å². The molecule has 1 aliphatic rings. The molecule has 6 nitrogen and oxygen atoms in total. The summed E-state index contributed by atoms with van der Waals surface area (Å²) in [5.41, 5.74) is 3.60. The summed E-state index contributed by atoms with van der Waals surface area (Å²) >= 11 is 0. The van der Waals surface area contributed by atoms with E-state index in [1.54, 1.807) is 25.1 Å². The predicted molar refractivity (Wildman–Crippen MR) is 92.0 cm³/mol. The molecule has 0 aliphatic carbocycles. The second-order valence-electron chi connectivity index (χ2n) is 5.86. The van der Waals surface area contributed by atoms with Crippen molar-refractivity contribution < 1.29 is 17.9 Å². The second kappa shape index (κ2) is 5.83. The fourth-order valence-corrected chi connectivity index (χ4v) is 3.81. The lowest BCUT2D eigenvalue weighted by Crippen LogP contribution is -2.26. The van der Waals surface area contributed by atoms with Crippen molar-refractivity contribution in [3.05, 3.63) is 47.0 Å². The summed E-state index contributed by atoms with van der Waals surface area (Å²) in [6.07, 6.45) is 0. The van der Waals surface area contributed by atoms with Crippen molar-refractivity contribution in [1.82, 2.24) is 0 Å². The number of anilines is 2. The first-order valence-corrected chi connectivity index (χ1v) is 8.92. The number of carbonyl (C=O) groups excluding carboxylic acids is 1. The van der Waals surface area contributed by atoms with Gasteiger partial charge in [0.25, 0.3) is 15.9 Å². The van der Waals surface area contributed by atoms with Crippen molar-refractivity contribution in [3.8, 4) is 5.75 Å². The largest absolute Gasteiger partial charge is 0.482 e. The molecular weight excluding hydrogens is 328 g/mol. The Morgan fingerprint density at radius 1 is 1.04 bits per heavy atom. The van der Waals surface area contributed by atoms with Crippen LogP contribution in [0.3, 0.4) is 0 Å². The lowest BCUT2D eigenvalue weighted by molar-refractivity contribution is -0.118. The quantitative estimate of drug-likeness (QED) is 0.895. The molecule has 126 valence electrons. The number of carbonyl (C=O) groups is 1. The number of hydrogen-bond acceptors (Lipinski definition) is 4. The number of amides is 1. The maximum atomic E-state index is 12.7. The lowest BCUT2D eigenvalue weighted by Gasteiger charge is -2.20. The molecule has 3 rings (SSSR count). The van der Waals surface area contributed by atoms with Crippen LogP contribution in [0, 0.1) is 20.8 Å². The van der Waals surface area contributed by atoms with Crippen LogP contribution in [0.5, 0.6) is 5.75 Å². The second-order valence-corrected chi connectivity index (χ2v) is 7.51. The van der Waals surface area contributed by atoms with Crippen LogP contribution in [0.25, 0.3) is 0 Å². The summed E-state index contributed by atoms with van der Waals surface area (Å²) < 4.78 is 33.3.